The number of anilines is 1. The summed E-state index contributed by atoms with van der Waals surface area (Å²) in [6.45, 7) is 4.18. The molecule has 1 aromatic rings. The van der Waals surface area contributed by atoms with Crippen LogP contribution in [0.1, 0.15) is 26.7 Å². The average molecular weight is 302 g/mol. The second kappa shape index (κ2) is 5.36. The highest BCUT2D eigenvalue weighted by Gasteiger charge is 2.24. The van der Waals surface area contributed by atoms with Gasteiger partial charge in [0.25, 0.3) is 0 Å². The van der Waals surface area contributed by atoms with Gasteiger partial charge in [0, 0.05) is 11.7 Å². The van der Waals surface area contributed by atoms with Crippen LogP contribution in [0.2, 0.25) is 0 Å². The molecule has 0 saturated carbocycles. The maximum Gasteiger partial charge on any atom is 0.137 e. The molecule has 1 N–H and O–H groups in total. The molecule has 17 heavy (non-hydrogen) atoms. The topological polar surface area (TPSA) is 21.3 Å². The molecular weight excluding hydrogens is 285 g/mol. The van der Waals surface area contributed by atoms with Crippen molar-refractivity contribution in [2.45, 2.75) is 44.9 Å². The van der Waals surface area contributed by atoms with Crippen LogP contribution in [0, 0.1) is 5.82 Å². The van der Waals surface area contributed by atoms with Gasteiger partial charge in [0.05, 0.1) is 16.7 Å². The molecular formula is C13H17BrFNO. The Labute approximate surface area is 110 Å². The summed E-state index contributed by atoms with van der Waals surface area (Å²) in [5.74, 6) is -0.232. The van der Waals surface area contributed by atoms with Crippen LogP contribution in [0.3, 0.4) is 0 Å². The van der Waals surface area contributed by atoms with Crippen molar-refractivity contribution in [3.05, 3.63) is 28.5 Å². The summed E-state index contributed by atoms with van der Waals surface area (Å²) in [5, 5.41) is 3.43. The zero-order valence-corrected chi connectivity index (χ0v) is 11.6. The Hall–Kier alpha value is -0.610. The standard InChI is InChI=1S/C13H17BrFNO/c1-8-5-11(6-9(2)17-8)16-10-3-4-13(15)12(14)7-10/h3-4,7-9,11,16H,5-6H2,1-2H3. The molecule has 0 spiro atoms. The molecule has 2 atom stereocenters. The third-order valence-electron chi connectivity index (χ3n) is 2.99. The number of benzene rings is 1. The number of ether oxygens (including phenoxy) is 1. The second-order valence-electron chi connectivity index (χ2n) is 4.70. The Bertz CT molecular complexity index is 389. The van der Waals surface area contributed by atoms with Crippen LogP contribution in [0.4, 0.5) is 10.1 Å². The summed E-state index contributed by atoms with van der Waals surface area (Å²) < 4.78 is 19.3. The minimum absolute atomic E-state index is 0.232. The first kappa shape index (κ1) is 12.8. The molecule has 1 saturated heterocycles. The van der Waals surface area contributed by atoms with Crippen LogP contribution in [-0.2, 0) is 4.74 Å². The van der Waals surface area contributed by atoms with Crippen molar-refractivity contribution >= 4 is 21.6 Å². The zero-order chi connectivity index (χ0) is 12.4. The quantitative estimate of drug-likeness (QED) is 0.893. The Balaban J connectivity index is 2.02. The lowest BCUT2D eigenvalue weighted by molar-refractivity contribution is -0.0337. The highest BCUT2D eigenvalue weighted by Crippen LogP contribution is 2.25. The molecule has 1 aromatic carbocycles. The molecule has 0 amide bonds. The van der Waals surface area contributed by atoms with E-state index in [-0.39, 0.29) is 18.0 Å². The first-order valence-corrected chi connectivity index (χ1v) is 6.71. The van der Waals surface area contributed by atoms with Gasteiger partial charge in [-0.3, -0.25) is 0 Å². The van der Waals surface area contributed by atoms with E-state index in [4.69, 9.17) is 4.74 Å². The van der Waals surface area contributed by atoms with Crippen LogP contribution in [0.15, 0.2) is 22.7 Å². The van der Waals surface area contributed by atoms with E-state index in [0.717, 1.165) is 18.5 Å². The van der Waals surface area contributed by atoms with Gasteiger partial charge in [-0.2, -0.15) is 0 Å². The summed E-state index contributed by atoms with van der Waals surface area (Å²) in [4.78, 5) is 0. The fourth-order valence-electron chi connectivity index (χ4n) is 2.34. The van der Waals surface area contributed by atoms with Gasteiger partial charge >= 0.3 is 0 Å². The normalized spacial score (nSPS) is 29.1. The number of halogens is 2. The average Bonchev–Trinajstić information content (AvgIpc) is 2.22. The van der Waals surface area contributed by atoms with E-state index in [9.17, 15) is 4.39 Å². The van der Waals surface area contributed by atoms with E-state index in [1.807, 2.05) is 0 Å². The highest BCUT2D eigenvalue weighted by molar-refractivity contribution is 9.10. The Morgan fingerprint density at radius 2 is 1.94 bits per heavy atom. The van der Waals surface area contributed by atoms with Gasteiger partial charge in [-0.25, -0.2) is 4.39 Å². The van der Waals surface area contributed by atoms with Crippen LogP contribution < -0.4 is 5.32 Å². The number of hydrogen-bond acceptors (Lipinski definition) is 2. The van der Waals surface area contributed by atoms with Crippen LogP contribution in [0.5, 0.6) is 0 Å². The fourth-order valence-corrected chi connectivity index (χ4v) is 2.72. The minimum Gasteiger partial charge on any atom is -0.382 e. The molecule has 0 aliphatic carbocycles. The van der Waals surface area contributed by atoms with Gasteiger partial charge in [0.2, 0.25) is 0 Å². The third-order valence-corrected chi connectivity index (χ3v) is 3.60. The van der Waals surface area contributed by atoms with Crippen molar-refractivity contribution in [1.82, 2.24) is 0 Å². The van der Waals surface area contributed by atoms with Gasteiger partial charge in [-0.1, -0.05) is 0 Å². The van der Waals surface area contributed by atoms with Crippen LogP contribution in [0.25, 0.3) is 0 Å². The molecule has 2 unspecified atom stereocenters. The van der Waals surface area contributed by atoms with E-state index in [0.29, 0.717) is 10.5 Å². The molecule has 4 heteroatoms. The van der Waals surface area contributed by atoms with Gasteiger partial charge < -0.3 is 10.1 Å². The molecule has 0 bridgehead atoms. The van der Waals surface area contributed by atoms with E-state index >= 15 is 0 Å². The predicted octanol–water partition coefficient (Wildman–Crippen LogP) is 3.96. The maximum atomic E-state index is 13.1. The Morgan fingerprint density at radius 3 is 2.53 bits per heavy atom. The van der Waals surface area contributed by atoms with Crippen molar-refractivity contribution in [3.8, 4) is 0 Å². The summed E-state index contributed by atoms with van der Waals surface area (Å²) >= 11 is 3.19. The Kier molecular flexibility index (Phi) is 4.05. The molecule has 1 heterocycles. The van der Waals surface area contributed by atoms with E-state index in [1.54, 1.807) is 12.1 Å². The zero-order valence-electron chi connectivity index (χ0n) is 10.0. The molecule has 1 aliphatic heterocycles. The minimum atomic E-state index is -0.232. The van der Waals surface area contributed by atoms with E-state index < -0.39 is 0 Å². The first-order valence-electron chi connectivity index (χ1n) is 5.91. The molecule has 0 aromatic heterocycles. The maximum absolute atomic E-state index is 13.1. The first-order chi connectivity index (χ1) is 8.04. The van der Waals surface area contributed by atoms with Crippen molar-refractivity contribution in [3.63, 3.8) is 0 Å². The summed E-state index contributed by atoms with van der Waals surface area (Å²) in [6.07, 6.45) is 2.53. The molecule has 2 rings (SSSR count). The van der Waals surface area contributed by atoms with Crippen LogP contribution in [-0.4, -0.2) is 18.2 Å². The molecule has 0 radical (unpaired) electrons. The smallest absolute Gasteiger partial charge is 0.137 e. The third kappa shape index (κ3) is 3.42. The van der Waals surface area contributed by atoms with Crippen LogP contribution >= 0.6 is 15.9 Å². The second-order valence-corrected chi connectivity index (χ2v) is 5.55. The van der Waals surface area contributed by atoms with E-state index in [1.165, 1.54) is 6.07 Å². The van der Waals surface area contributed by atoms with Gasteiger partial charge in [-0.15, -0.1) is 0 Å². The molecule has 2 nitrogen and oxygen atoms in total. The Morgan fingerprint density at radius 1 is 1.29 bits per heavy atom. The molecule has 94 valence electrons. The van der Waals surface area contributed by atoms with Gasteiger partial charge in [0.1, 0.15) is 5.82 Å². The SMILES string of the molecule is CC1CC(Nc2ccc(F)c(Br)c2)CC(C)O1. The number of nitrogens with one attached hydrogen (secondary N) is 1. The van der Waals surface area contributed by atoms with E-state index in [2.05, 4.69) is 35.1 Å². The summed E-state index contributed by atoms with van der Waals surface area (Å²) in [6, 6.07) is 5.41. The van der Waals surface area contributed by atoms with Gasteiger partial charge in [0.15, 0.2) is 0 Å². The lowest BCUT2D eigenvalue weighted by atomic mass is 9.99. The number of hydrogen-bond donors (Lipinski definition) is 1. The fraction of sp³-hybridized carbons (Fsp3) is 0.538. The lowest BCUT2D eigenvalue weighted by Gasteiger charge is -2.33. The summed E-state index contributed by atoms with van der Waals surface area (Å²) in [7, 11) is 0. The van der Waals surface area contributed by atoms with Gasteiger partial charge in [-0.05, 0) is 60.8 Å². The van der Waals surface area contributed by atoms with Crippen molar-refractivity contribution < 1.29 is 9.13 Å². The molecule has 1 aliphatic rings. The number of rotatable bonds is 2. The molecule has 1 fully saturated rings. The van der Waals surface area contributed by atoms with Crippen molar-refractivity contribution in [1.29, 1.82) is 0 Å². The lowest BCUT2D eigenvalue weighted by Crippen LogP contribution is -2.36. The predicted molar refractivity (Wildman–Crippen MR) is 70.8 cm³/mol. The largest absolute Gasteiger partial charge is 0.382 e. The summed E-state index contributed by atoms with van der Waals surface area (Å²) in [5.41, 5.74) is 0.949. The highest BCUT2D eigenvalue weighted by atomic mass is 79.9. The van der Waals surface area contributed by atoms with Crippen molar-refractivity contribution in [2.24, 2.45) is 0 Å². The monoisotopic (exact) mass is 301 g/mol. The van der Waals surface area contributed by atoms with Crippen molar-refractivity contribution in [2.75, 3.05) is 5.32 Å².